The van der Waals surface area contributed by atoms with Crippen molar-refractivity contribution in [1.29, 1.82) is 0 Å². The van der Waals surface area contributed by atoms with Crippen LogP contribution in [0.15, 0.2) is 55.0 Å². The van der Waals surface area contributed by atoms with Gasteiger partial charge in [-0.1, -0.05) is 24.3 Å². The topological polar surface area (TPSA) is 76.8 Å². The van der Waals surface area contributed by atoms with Crippen LogP contribution in [0.5, 0.6) is 0 Å². The molecule has 0 bridgehead atoms. The second-order valence-corrected chi connectivity index (χ2v) is 6.88. The minimum atomic E-state index is -0.141. The van der Waals surface area contributed by atoms with Gasteiger partial charge in [0.05, 0.1) is 12.6 Å². The molecule has 1 atom stereocenters. The summed E-state index contributed by atoms with van der Waals surface area (Å²) in [5, 5.41) is 15.0. The zero-order valence-electron chi connectivity index (χ0n) is 15.6. The van der Waals surface area contributed by atoms with Crippen LogP contribution in [0.4, 0.5) is 0 Å². The molecule has 2 N–H and O–H groups in total. The Morgan fingerprint density at radius 1 is 1.18 bits per heavy atom. The van der Waals surface area contributed by atoms with E-state index in [2.05, 4.69) is 33.0 Å². The van der Waals surface area contributed by atoms with Crippen LogP contribution < -0.4 is 10.6 Å². The van der Waals surface area contributed by atoms with Gasteiger partial charge < -0.3 is 10.6 Å². The van der Waals surface area contributed by atoms with Gasteiger partial charge in [-0.05, 0) is 42.6 Å². The molecule has 4 rings (SSSR count). The molecule has 148 valence electrons. The molecule has 3 aromatic rings. The Bertz CT molecular complexity index is 869. The van der Waals surface area contributed by atoms with Crippen LogP contribution in [-0.2, 0) is 13.1 Å². The van der Waals surface area contributed by atoms with Gasteiger partial charge in [-0.25, -0.2) is 0 Å². The highest BCUT2D eigenvalue weighted by molar-refractivity contribution is 5.92. The lowest BCUT2D eigenvalue weighted by Gasteiger charge is -2.22. The first-order chi connectivity index (χ1) is 13.3. The molecule has 3 heterocycles. The van der Waals surface area contributed by atoms with Gasteiger partial charge in [0.1, 0.15) is 5.69 Å². The van der Waals surface area contributed by atoms with Crippen molar-refractivity contribution in [2.45, 2.75) is 32.0 Å². The van der Waals surface area contributed by atoms with Crippen molar-refractivity contribution < 1.29 is 4.79 Å². The normalized spacial score (nSPS) is 16.4. The third-order valence-corrected chi connectivity index (χ3v) is 4.87. The van der Waals surface area contributed by atoms with Gasteiger partial charge in [-0.15, -0.1) is 12.4 Å². The summed E-state index contributed by atoms with van der Waals surface area (Å²) in [5.74, 6) is -0.141. The summed E-state index contributed by atoms with van der Waals surface area (Å²) in [4.78, 5) is 12.4. The van der Waals surface area contributed by atoms with Crippen LogP contribution in [0.1, 0.15) is 40.5 Å². The minimum absolute atomic E-state index is 0. The first-order valence-electron chi connectivity index (χ1n) is 9.37. The number of aromatic nitrogens is 4. The van der Waals surface area contributed by atoms with Crippen molar-refractivity contribution in [3.63, 3.8) is 0 Å². The number of piperidine rings is 1. The molecule has 1 fully saturated rings. The first kappa shape index (κ1) is 20.1. The summed E-state index contributed by atoms with van der Waals surface area (Å²) in [6, 6.07) is 12.2. The van der Waals surface area contributed by atoms with Crippen LogP contribution in [-0.4, -0.2) is 38.6 Å². The molecule has 1 aromatic carbocycles. The van der Waals surface area contributed by atoms with E-state index in [-0.39, 0.29) is 18.3 Å². The zero-order valence-corrected chi connectivity index (χ0v) is 16.4. The van der Waals surface area contributed by atoms with Gasteiger partial charge in [0.25, 0.3) is 5.91 Å². The number of carbonyl (C=O) groups excluding carboxylic acids is 1. The Morgan fingerprint density at radius 3 is 2.71 bits per heavy atom. The van der Waals surface area contributed by atoms with E-state index in [1.165, 1.54) is 5.56 Å². The van der Waals surface area contributed by atoms with E-state index in [0.29, 0.717) is 18.3 Å². The largest absolute Gasteiger partial charge is 0.347 e. The number of nitrogens with one attached hydrogen (secondary N) is 2. The molecule has 2 aromatic heterocycles. The Morgan fingerprint density at radius 2 is 2.00 bits per heavy atom. The summed E-state index contributed by atoms with van der Waals surface area (Å²) in [6.45, 7) is 3.20. The van der Waals surface area contributed by atoms with Gasteiger partial charge in [-0.3, -0.25) is 14.2 Å². The lowest BCUT2D eigenvalue weighted by Crippen LogP contribution is -2.32. The fraction of sp³-hybridized carbons (Fsp3) is 0.350. The van der Waals surface area contributed by atoms with Crippen molar-refractivity contribution in [1.82, 2.24) is 30.2 Å². The quantitative estimate of drug-likeness (QED) is 0.666. The molecule has 0 radical (unpaired) electrons. The summed E-state index contributed by atoms with van der Waals surface area (Å²) in [5.41, 5.74) is 2.70. The van der Waals surface area contributed by atoms with E-state index in [1.807, 2.05) is 40.0 Å². The molecular weight excluding hydrogens is 376 g/mol. The maximum absolute atomic E-state index is 12.4. The molecule has 8 heteroatoms. The number of rotatable bonds is 6. The second-order valence-electron chi connectivity index (χ2n) is 6.88. The van der Waals surface area contributed by atoms with E-state index in [9.17, 15) is 4.79 Å². The molecular formula is C20H25ClN6O. The number of nitrogens with zero attached hydrogens (tertiary/aromatic N) is 4. The molecule has 1 amide bonds. The Balaban J connectivity index is 0.00000225. The second kappa shape index (κ2) is 9.52. The molecule has 1 saturated heterocycles. The van der Waals surface area contributed by atoms with Crippen molar-refractivity contribution in [2.75, 3.05) is 13.1 Å². The molecule has 0 saturated carbocycles. The molecule has 0 spiro atoms. The number of benzene rings is 1. The standard InChI is InChI=1S/C20H24N6O.ClH/c27-20(19-8-12-26(24-19)18-3-1-9-21-14-18)22-13-16-4-6-17(7-5-16)15-25-11-2-10-23-25;/h2,4-8,10-12,18,21H,1,3,9,13-15H2,(H,22,27);1H. The SMILES string of the molecule is Cl.O=C(NCc1ccc(Cn2cccn2)cc1)c1ccn(C2CCCNC2)n1. The maximum Gasteiger partial charge on any atom is 0.272 e. The third kappa shape index (κ3) is 4.99. The zero-order chi connectivity index (χ0) is 18.5. The monoisotopic (exact) mass is 400 g/mol. The van der Waals surface area contributed by atoms with Crippen LogP contribution >= 0.6 is 12.4 Å². The molecule has 28 heavy (non-hydrogen) atoms. The smallest absolute Gasteiger partial charge is 0.272 e. The molecule has 7 nitrogen and oxygen atoms in total. The number of hydrogen-bond donors (Lipinski definition) is 2. The highest BCUT2D eigenvalue weighted by Gasteiger charge is 2.17. The highest BCUT2D eigenvalue weighted by Crippen LogP contribution is 2.15. The lowest BCUT2D eigenvalue weighted by atomic mass is 10.1. The number of amides is 1. The van der Waals surface area contributed by atoms with Crippen LogP contribution in [0.3, 0.4) is 0 Å². The number of hydrogen-bond acceptors (Lipinski definition) is 4. The van der Waals surface area contributed by atoms with Gasteiger partial charge >= 0.3 is 0 Å². The van der Waals surface area contributed by atoms with Gasteiger partial charge in [0.15, 0.2) is 0 Å². The van der Waals surface area contributed by atoms with E-state index < -0.39 is 0 Å². The van der Waals surface area contributed by atoms with Crippen LogP contribution in [0, 0.1) is 0 Å². The molecule has 0 aliphatic carbocycles. The van der Waals surface area contributed by atoms with Crippen molar-refractivity contribution in [2.24, 2.45) is 0 Å². The van der Waals surface area contributed by atoms with Gasteiger partial charge in [0, 0.05) is 31.7 Å². The van der Waals surface area contributed by atoms with Crippen molar-refractivity contribution in [3.8, 4) is 0 Å². The number of carbonyl (C=O) groups is 1. The van der Waals surface area contributed by atoms with E-state index in [0.717, 1.165) is 38.0 Å². The average molecular weight is 401 g/mol. The van der Waals surface area contributed by atoms with Crippen LogP contribution in [0.2, 0.25) is 0 Å². The summed E-state index contributed by atoms with van der Waals surface area (Å²) < 4.78 is 3.79. The predicted molar refractivity (Wildman–Crippen MR) is 110 cm³/mol. The summed E-state index contributed by atoms with van der Waals surface area (Å²) >= 11 is 0. The predicted octanol–water partition coefficient (Wildman–Crippen LogP) is 2.40. The lowest BCUT2D eigenvalue weighted by molar-refractivity contribution is 0.0944. The number of halogens is 1. The third-order valence-electron chi connectivity index (χ3n) is 4.87. The molecule has 1 aliphatic heterocycles. The van der Waals surface area contributed by atoms with Crippen molar-refractivity contribution in [3.05, 3.63) is 71.8 Å². The van der Waals surface area contributed by atoms with E-state index >= 15 is 0 Å². The Labute approximate surface area is 170 Å². The van der Waals surface area contributed by atoms with Gasteiger partial charge in [0.2, 0.25) is 0 Å². The van der Waals surface area contributed by atoms with Crippen molar-refractivity contribution >= 4 is 18.3 Å². The van der Waals surface area contributed by atoms with Gasteiger partial charge in [-0.2, -0.15) is 10.2 Å². The average Bonchev–Trinajstić information content (AvgIpc) is 3.40. The molecule has 1 aliphatic rings. The highest BCUT2D eigenvalue weighted by atomic mass is 35.5. The Kier molecular flexibility index (Phi) is 6.84. The summed E-state index contributed by atoms with van der Waals surface area (Å²) in [7, 11) is 0. The summed E-state index contributed by atoms with van der Waals surface area (Å²) in [6.07, 6.45) is 7.85. The minimum Gasteiger partial charge on any atom is -0.347 e. The molecule has 1 unspecified atom stereocenters. The maximum atomic E-state index is 12.4. The van der Waals surface area contributed by atoms with E-state index in [4.69, 9.17) is 0 Å². The first-order valence-corrected chi connectivity index (χ1v) is 9.37. The fourth-order valence-corrected chi connectivity index (χ4v) is 3.34. The fourth-order valence-electron chi connectivity index (χ4n) is 3.34. The Hall–Kier alpha value is -2.64. The van der Waals surface area contributed by atoms with Crippen LogP contribution in [0.25, 0.3) is 0 Å². The van der Waals surface area contributed by atoms with E-state index in [1.54, 1.807) is 12.3 Å².